The number of carbonyl (C=O) groups is 5. The van der Waals surface area contributed by atoms with Crippen LogP contribution in [0.1, 0.15) is 71.9 Å². The lowest BCUT2D eigenvalue weighted by Crippen LogP contribution is -2.12. The second-order valence-corrected chi connectivity index (χ2v) is 26.6. The van der Waals surface area contributed by atoms with E-state index in [9.17, 15) is 63.5 Å². The number of nitrogens with two attached hydrogens (primary N) is 4. The molecule has 14 N–H and O–H groups in total. The van der Waals surface area contributed by atoms with Crippen molar-refractivity contribution in [3.8, 4) is 56.3 Å². The Kier molecular flexibility index (Phi) is 24.8. The van der Waals surface area contributed by atoms with E-state index in [1.54, 1.807) is 98.4 Å². The molecular weight excluding hydrogens is 1630 g/mol. The molecule has 38 heteroatoms. The fraction of sp³-hybridized carbons (Fsp3) is 0.0759. The number of anilines is 4. The Morgan fingerprint density at radius 1 is 0.444 bits per heavy atom. The van der Waals surface area contributed by atoms with Gasteiger partial charge in [0.15, 0.2) is 75.2 Å². The Morgan fingerprint density at radius 3 is 1.25 bits per heavy atom. The number of H-pyrrole nitrogens is 5. The molecule has 598 valence electrons. The zero-order chi connectivity index (χ0) is 85.2. The minimum absolute atomic E-state index is 0.0126. The van der Waals surface area contributed by atoms with E-state index in [1.165, 1.54) is 50.6 Å². The van der Waals surface area contributed by atoms with Crippen LogP contribution in [0.5, 0.6) is 0 Å². The Hall–Kier alpha value is -13.8. The third-order valence-corrected chi connectivity index (χ3v) is 18.9. The van der Waals surface area contributed by atoms with Crippen molar-refractivity contribution in [3.63, 3.8) is 0 Å². The van der Waals surface area contributed by atoms with Crippen LogP contribution in [0, 0.1) is 52.4 Å². The average molecular weight is 1690 g/mol. The first-order chi connectivity index (χ1) is 55.5. The van der Waals surface area contributed by atoms with Gasteiger partial charge in [0.05, 0.1) is 86.0 Å². The van der Waals surface area contributed by atoms with E-state index in [1.807, 2.05) is 12.1 Å². The number of Topliss-reactive ketones (excluding diaryl/α,β-unsaturated/α-hetero) is 2. The quantitative estimate of drug-likeness (QED) is 0.0168. The second-order valence-electron chi connectivity index (χ2n) is 25.0. The van der Waals surface area contributed by atoms with Gasteiger partial charge in [-0.05, 0) is 72.1 Å². The number of ether oxygens (including phenoxy) is 2. The zero-order valence-electron chi connectivity index (χ0n) is 60.9. The van der Waals surface area contributed by atoms with E-state index in [0.29, 0.717) is 32.6 Å². The Morgan fingerprint density at radius 2 is 0.812 bits per heavy atom. The van der Waals surface area contributed by atoms with Gasteiger partial charge in [-0.15, -0.1) is 0 Å². The summed E-state index contributed by atoms with van der Waals surface area (Å²) >= 11 is 23.6. The number of carboxylic acid groups (broad SMARTS) is 1. The van der Waals surface area contributed by atoms with Crippen molar-refractivity contribution in [1.82, 2.24) is 54.7 Å². The molecule has 0 aliphatic carbocycles. The lowest BCUT2D eigenvalue weighted by Gasteiger charge is -2.12. The largest absolute Gasteiger partial charge is 0.476 e. The molecule has 5 aromatic carbocycles. The van der Waals surface area contributed by atoms with Crippen molar-refractivity contribution in [2.75, 3.05) is 51.2 Å². The van der Waals surface area contributed by atoms with Crippen molar-refractivity contribution >= 4 is 171 Å². The highest BCUT2D eigenvalue weighted by molar-refractivity contribution is 6.37. The fourth-order valence-electron chi connectivity index (χ4n) is 11.6. The average Bonchev–Trinajstić information content (AvgIpc) is 1.78. The van der Waals surface area contributed by atoms with Crippen LogP contribution >= 0.6 is 46.4 Å². The lowest BCUT2D eigenvalue weighted by molar-refractivity contribution is 0.0585. The van der Waals surface area contributed by atoms with Crippen molar-refractivity contribution < 1.29 is 82.5 Å². The molecule has 0 aliphatic rings. The van der Waals surface area contributed by atoms with Crippen LogP contribution in [0.3, 0.4) is 0 Å². The first-order valence-electron chi connectivity index (χ1n) is 33.4. The molecule has 0 amide bonds. The monoisotopic (exact) mass is 1690 g/mol. The number of nitrogen functional groups attached to an aromatic ring is 4. The van der Waals surface area contributed by atoms with Gasteiger partial charge in [-0.2, -0.15) is 0 Å². The number of hydrogen-bond donors (Lipinski definition) is 10. The van der Waals surface area contributed by atoms with E-state index in [-0.39, 0.29) is 122 Å². The molecule has 0 spiro atoms. The molecule has 0 unspecified atom stereocenters. The van der Waals surface area contributed by atoms with Crippen LogP contribution in [0.2, 0.25) is 20.1 Å². The molecule has 0 saturated carbocycles. The number of methoxy groups -OCH3 is 2. The zero-order valence-corrected chi connectivity index (χ0v) is 64.0. The number of aromatic amines is 5. The summed E-state index contributed by atoms with van der Waals surface area (Å²) in [6, 6.07) is 25.2. The number of benzene rings is 5. The van der Waals surface area contributed by atoms with Crippen LogP contribution in [-0.4, -0.2) is 124 Å². The highest BCUT2D eigenvalue weighted by Crippen LogP contribution is 2.42. The van der Waals surface area contributed by atoms with Crippen molar-refractivity contribution in [1.29, 1.82) is 0 Å². The number of aliphatic imine (C=N–C) groups is 1. The molecule has 117 heavy (non-hydrogen) atoms. The molecule has 24 nitrogen and oxygen atoms in total. The first kappa shape index (κ1) is 84.1. The molecule has 15 aromatic rings. The summed E-state index contributed by atoms with van der Waals surface area (Å²) in [5.41, 5.74) is 17.6. The maximum Gasteiger partial charge on any atom is 0.358 e. The van der Waals surface area contributed by atoms with Crippen LogP contribution in [-0.2, 0) is 9.47 Å². The maximum atomic E-state index is 15.1. The van der Waals surface area contributed by atoms with Gasteiger partial charge in [0.2, 0.25) is 0 Å². The third-order valence-electron chi connectivity index (χ3n) is 17.4. The molecule has 0 atom stereocenters. The molecule has 10 aromatic heterocycles. The number of aromatic nitrogens is 10. The predicted octanol–water partition coefficient (Wildman–Crippen LogP) is 19.2. The van der Waals surface area contributed by atoms with Crippen LogP contribution in [0.15, 0.2) is 140 Å². The molecule has 0 saturated heterocycles. The van der Waals surface area contributed by atoms with Crippen LogP contribution in [0.25, 0.3) is 117 Å². The Balaban J connectivity index is 0.000000144. The number of carboxylic acids is 1. The lowest BCUT2D eigenvalue weighted by atomic mass is 10.0. The number of carbonyl (C=O) groups excluding carboxylic acids is 4. The predicted molar refractivity (Wildman–Crippen MR) is 427 cm³/mol. The summed E-state index contributed by atoms with van der Waals surface area (Å²) < 4.78 is 153. The van der Waals surface area contributed by atoms with E-state index < -0.39 is 116 Å². The summed E-state index contributed by atoms with van der Waals surface area (Å²) in [7, 11) is 5.61. The van der Waals surface area contributed by atoms with Gasteiger partial charge in [-0.1, -0.05) is 83.3 Å². The van der Waals surface area contributed by atoms with Gasteiger partial charge in [-0.3, -0.25) is 9.59 Å². The van der Waals surface area contributed by atoms with Gasteiger partial charge < -0.3 is 67.3 Å². The van der Waals surface area contributed by atoms with Gasteiger partial charge in [0.1, 0.15) is 62.2 Å². The SMILES string of the molecule is C=C(F)c1c(C(=O)O)nc(-c2ccc3cc[nH]c3c2F)c(F)c1N.CC(=O)c1nc(-c2cc(F)c3[nH]ccc3c2)c(F)c(N)c1Cl.CC(=O)c1nc(-c2ccc3cc[nH]c3c2)c(F)c(N)c1Cl.COC(=O)c1nc(-c2ccc3cc[nH]c3c2F)c(F)c(N)c1Cl.COC(=O)c1nc(-c2ccc3cc[nH]c3c2F)c(F)c(N=CN(C)C)c1Cl. The van der Waals surface area contributed by atoms with E-state index >= 15 is 4.39 Å². The van der Waals surface area contributed by atoms with Crippen LogP contribution in [0.4, 0.5) is 72.3 Å². The Bertz CT molecular complexity index is 6630. The Labute approximate surface area is 672 Å². The van der Waals surface area contributed by atoms with E-state index in [2.05, 4.69) is 70.9 Å². The topological polar surface area (TPSA) is 387 Å². The summed E-state index contributed by atoms with van der Waals surface area (Å²) in [5, 5.41) is 11.4. The number of ketones is 2. The van der Waals surface area contributed by atoms with Gasteiger partial charge in [0, 0.05) is 114 Å². The highest BCUT2D eigenvalue weighted by atomic mass is 35.5. The summed E-state index contributed by atoms with van der Waals surface area (Å²) in [6.07, 6.45) is 9.27. The highest BCUT2D eigenvalue weighted by Gasteiger charge is 2.31. The number of hydrogen-bond acceptors (Lipinski definition) is 17. The molecular formula is C79H56Cl4F10N16O8. The first-order valence-corrected chi connectivity index (χ1v) is 34.9. The number of pyridine rings is 5. The second kappa shape index (κ2) is 34.5. The summed E-state index contributed by atoms with van der Waals surface area (Å²) in [4.78, 5) is 96.8. The number of halogens is 14. The van der Waals surface area contributed by atoms with Crippen molar-refractivity contribution in [2.45, 2.75) is 13.8 Å². The minimum Gasteiger partial charge on any atom is -0.476 e. The molecule has 10 heterocycles. The number of nitrogens with one attached hydrogen (secondary N) is 5. The normalized spacial score (nSPS) is 11.1. The number of rotatable bonds is 13. The van der Waals surface area contributed by atoms with Crippen LogP contribution < -0.4 is 22.9 Å². The standard InChI is InChI=1S/C18H15ClF2N4O2.C16H10F3N3O2.C15H10ClF2N3O2.C15H10ClF2N3O.C15H11ClFN3O/c1-25(2)8-23-16-11(19)17(18(26)27-3)24-15(13(16)21)10-5-4-9-6-7-22-14(9)12(10)20;1-6(17)9-12(20)11(19)14(22-15(9)16(23)24)8-3-2-7-4-5-21-13(7)10(8)18;1-23-15(22)14-8(16)11(19)10(18)13(21-14)7-3-2-6-4-5-20-12(6)9(7)17;1-6(22)13-10(16)12(19)11(18)15(21-13)8-4-7-2-3-20-14(7)9(17)5-8;1-7(21)14-11(16)13(18)12(17)15(20-14)9-3-2-8-4-5-19-10(8)6-9/h4-8,22H,1-3H3;2-5,21H,1H2,(H2,20,22)(H,23,24);2-5,20H,1H3,(H2,19,21);2-5,20H,1H3,(H2,19,21);2-6,19H,1H3,(H2,18,20). The fourth-order valence-corrected chi connectivity index (χ4v) is 12.6. The molecule has 15 rings (SSSR count). The molecule has 0 bridgehead atoms. The van der Waals surface area contributed by atoms with E-state index in [4.69, 9.17) is 74.4 Å². The number of nitrogens with zero attached hydrogens (tertiary/aromatic N) is 7. The molecule has 0 aliphatic heterocycles. The number of fused-ring (bicyclic) bond motifs is 5. The summed E-state index contributed by atoms with van der Waals surface area (Å²) in [5.74, 6) is -13.1. The molecule has 0 fully saturated rings. The van der Waals surface area contributed by atoms with Gasteiger partial charge >= 0.3 is 17.9 Å². The third kappa shape index (κ3) is 16.5. The minimum atomic E-state index is -1.64. The van der Waals surface area contributed by atoms with E-state index in [0.717, 1.165) is 31.2 Å². The molecule has 0 radical (unpaired) electrons. The number of esters is 2. The summed E-state index contributed by atoms with van der Waals surface area (Å²) in [6.45, 7) is 5.48. The smallest absolute Gasteiger partial charge is 0.358 e. The number of aromatic carboxylic acids is 1. The maximum absolute atomic E-state index is 15.1. The van der Waals surface area contributed by atoms with Crippen molar-refractivity contribution in [3.05, 3.63) is 241 Å². The van der Waals surface area contributed by atoms with Gasteiger partial charge in [-0.25, -0.2) is 88.2 Å². The van der Waals surface area contributed by atoms with Crippen molar-refractivity contribution in [2.24, 2.45) is 4.99 Å². The van der Waals surface area contributed by atoms with Gasteiger partial charge in [0.25, 0.3) is 0 Å².